The van der Waals surface area contributed by atoms with E-state index < -0.39 is 47.9 Å². The van der Waals surface area contributed by atoms with Crippen molar-refractivity contribution in [3.63, 3.8) is 0 Å². The van der Waals surface area contributed by atoms with Gasteiger partial charge in [-0.2, -0.15) is 0 Å². The maximum atomic E-state index is 12.0. The van der Waals surface area contributed by atoms with Gasteiger partial charge in [-0.05, 0) is 19.8 Å². The number of hydrogen-bond acceptors (Lipinski definition) is 6. The van der Waals surface area contributed by atoms with Crippen molar-refractivity contribution < 1.29 is 38.9 Å². The van der Waals surface area contributed by atoms with Gasteiger partial charge in [-0.15, -0.1) is 0 Å². The van der Waals surface area contributed by atoms with Crippen LogP contribution in [0.4, 0.5) is 0 Å². The summed E-state index contributed by atoms with van der Waals surface area (Å²) in [6.07, 6.45) is -0.903. The maximum Gasteiger partial charge on any atom is 0.349 e. The van der Waals surface area contributed by atoms with Gasteiger partial charge in [0.1, 0.15) is 5.60 Å². The molecule has 1 unspecified atom stereocenters. The monoisotopic (exact) mass is 318 g/mol. The summed E-state index contributed by atoms with van der Waals surface area (Å²) in [7, 11) is 0. The fourth-order valence-electron chi connectivity index (χ4n) is 1.79. The minimum atomic E-state index is -2.48. The molecule has 126 valence electrons. The highest BCUT2D eigenvalue weighted by Gasteiger charge is 2.47. The second kappa shape index (κ2) is 7.77. The van der Waals surface area contributed by atoms with Crippen molar-refractivity contribution in [2.24, 2.45) is 0 Å². The molecule has 0 saturated heterocycles. The predicted octanol–water partition coefficient (Wildman–Crippen LogP) is 1.36. The Morgan fingerprint density at radius 1 is 0.955 bits per heavy atom. The van der Waals surface area contributed by atoms with Gasteiger partial charge in [-0.3, -0.25) is 14.4 Å². The Kier molecular flexibility index (Phi) is 7.02. The third kappa shape index (κ3) is 5.71. The van der Waals surface area contributed by atoms with E-state index >= 15 is 0 Å². The average Bonchev–Trinajstić information content (AvgIpc) is 2.36. The van der Waals surface area contributed by atoms with Crippen molar-refractivity contribution >= 4 is 23.9 Å². The van der Waals surface area contributed by atoms with Gasteiger partial charge in [0, 0.05) is 6.92 Å². The summed E-state index contributed by atoms with van der Waals surface area (Å²) in [5.74, 6) is -5.15. The van der Waals surface area contributed by atoms with Gasteiger partial charge in [0.25, 0.3) is 0 Å². The molecule has 0 saturated carbocycles. The molecule has 0 aromatic carbocycles. The molecule has 0 bridgehead atoms. The molecule has 1 atom stereocenters. The first kappa shape index (κ1) is 19.9. The van der Waals surface area contributed by atoms with E-state index in [1.807, 2.05) is 0 Å². The van der Waals surface area contributed by atoms with Gasteiger partial charge < -0.3 is 19.7 Å². The second-order valence-electron chi connectivity index (χ2n) is 5.27. The lowest BCUT2D eigenvalue weighted by Crippen LogP contribution is -2.47. The van der Waals surface area contributed by atoms with E-state index in [2.05, 4.69) is 4.74 Å². The van der Waals surface area contributed by atoms with Crippen molar-refractivity contribution in [3.8, 4) is 0 Å². The molecule has 0 aromatic heterocycles. The molecule has 0 rings (SSSR count). The van der Waals surface area contributed by atoms with Crippen LogP contribution in [0.5, 0.6) is 0 Å². The summed E-state index contributed by atoms with van der Waals surface area (Å²) in [6, 6.07) is 0. The first-order valence-electron chi connectivity index (χ1n) is 6.87. The number of rotatable bonds is 9. The molecule has 22 heavy (non-hydrogen) atoms. The molecule has 0 aromatic rings. The zero-order valence-corrected chi connectivity index (χ0v) is 13.2. The van der Waals surface area contributed by atoms with Gasteiger partial charge in [0.05, 0.1) is 12.8 Å². The number of aliphatic carboxylic acids is 2. The first-order chi connectivity index (χ1) is 10.00. The molecule has 0 aliphatic rings. The lowest BCUT2D eigenvalue weighted by molar-refractivity contribution is -0.188. The fraction of sp³-hybridized carbons (Fsp3) is 0.714. The van der Waals surface area contributed by atoms with Crippen molar-refractivity contribution in [3.05, 3.63) is 0 Å². The summed E-state index contributed by atoms with van der Waals surface area (Å²) in [4.78, 5) is 45.3. The third-order valence-corrected chi connectivity index (χ3v) is 3.45. The van der Waals surface area contributed by atoms with Gasteiger partial charge >= 0.3 is 23.9 Å². The molecule has 0 spiro atoms. The number of ether oxygens (including phenoxy) is 2. The number of carbonyl (C=O) groups is 4. The molecule has 0 aliphatic carbocycles. The number of esters is 2. The van der Waals surface area contributed by atoms with E-state index in [4.69, 9.17) is 9.84 Å². The van der Waals surface area contributed by atoms with Crippen LogP contribution in [0.2, 0.25) is 0 Å². The van der Waals surface area contributed by atoms with Gasteiger partial charge in [0.15, 0.2) is 0 Å². The highest BCUT2D eigenvalue weighted by Crippen LogP contribution is 2.26. The van der Waals surface area contributed by atoms with Crippen LogP contribution >= 0.6 is 0 Å². The maximum absolute atomic E-state index is 12.0. The van der Waals surface area contributed by atoms with Crippen LogP contribution in [-0.2, 0) is 28.7 Å². The summed E-state index contributed by atoms with van der Waals surface area (Å²) in [6.45, 7) is 6.21. The lowest BCUT2D eigenvalue weighted by atomic mass is 9.94. The Morgan fingerprint density at radius 2 is 1.45 bits per heavy atom. The minimum Gasteiger partial charge on any atom is -0.481 e. The zero-order chi connectivity index (χ0) is 17.6. The highest BCUT2D eigenvalue weighted by molar-refractivity contribution is 5.90. The van der Waals surface area contributed by atoms with E-state index in [1.54, 1.807) is 20.8 Å². The minimum absolute atomic E-state index is 0.502. The summed E-state index contributed by atoms with van der Waals surface area (Å²) in [5, 5.41) is 18.1. The topological polar surface area (TPSA) is 127 Å². The molecule has 2 N–H and O–H groups in total. The summed E-state index contributed by atoms with van der Waals surface area (Å²) >= 11 is 0. The number of carboxylic acid groups (broad SMARTS) is 2. The van der Waals surface area contributed by atoms with E-state index in [0.29, 0.717) is 12.8 Å². The molecule has 0 amide bonds. The zero-order valence-electron chi connectivity index (χ0n) is 13.2. The van der Waals surface area contributed by atoms with Crippen LogP contribution < -0.4 is 0 Å². The van der Waals surface area contributed by atoms with E-state index in [9.17, 15) is 24.3 Å². The third-order valence-electron chi connectivity index (χ3n) is 3.45. The Bertz CT molecular complexity index is 434. The number of carboxylic acids is 2. The highest BCUT2D eigenvalue weighted by atomic mass is 16.6. The van der Waals surface area contributed by atoms with Gasteiger partial charge in [0.2, 0.25) is 5.60 Å². The van der Waals surface area contributed by atoms with E-state index in [-0.39, 0.29) is 0 Å². The van der Waals surface area contributed by atoms with Crippen molar-refractivity contribution in [1.82, 2.24) is 0 Å². The van der Waals surface area contributed by atoms with E-state index in [0.717, 1.165) is 6.92 Å². The Labute approximate surface area is 128 Å². The number of hydrogen-bond donors (Lipinski definition) is 2. The predicted molar refractivity (Wildman–Crippen MR) is 74.1 cm³/mol. The standard InChI is InChI=1S/C14H22O8/c1-5-13(4,6-2)22-11(18)8-14(12(19)20,7-10(16)17)21-9(3)15/h5-8H2,1-4H3,(H,16,17)(H,19,20). The molecular formula is C14H22O8. The fourth-order valence-corrected chi connectivity index (χ4v) is 1.79. The molecular weight excluding hydrogens is 296 g/mol. The van der Waals surface area contributed by atoms with Crippen LogP contribution in [0.3, 0.4) is 0 Å². The molecule has 0 heterocycles. The van der Waals surface area contributed by atoms with Crippen molar-refractivity contribution in [2.75, 3.05) is 0 Å². The van der Waals surface area contributed by atoms with Crippen LogP contribution in [0.25, 0.3) is 0 Å². The Hall–Kier alpha value is -2.12. The van der Waals surface area contributed by atoms with Crippen LogP contribution in [0.15, 0.2) is 0 Å². The lowest BCUT2D eigenvalue weighted by Gasteiger charge is -2.30. The van der Waals surface area contributed by atoms with Gasteiger partial charge in [-0.1, -0.05) is 13.8 Å². The summed E-state index contributed by atoms with van der Waals surface area (Å²) < 4.78 is 9.86. The van der Waals surface area contributed by atoms with Gasteiger partial charge in [-0.25, -0.2) is 4.79 Å². The smallest absolute Gasteiger partial charge is 0.349 e. The number of carbonyl (C=O) groups excluding carboxylic acids is 2. The van der Waals surface area contributed by atoms with E-state index in [1.165, 1.54) is 0 Å². The Balaban J connectivity index is 5.35. The van der Waals surface area contributed by atoms with Crippen LogP contribution in [0, 0.1) is 0 Å². The van der Waals surface area contributed by atoms with Crippen molar-refractivity contribution in [2.45, 2.75) is 64.6 Å². The molecule has 0 radical (unpaired) electrons. The van der Waals surface area contributed by atoms with Crippen molar-refractivity contribution in [1.29, 1.82) is 0 Å². The molecule has 8 nitrogen and oxygen atoms in total. The normalized spacial score (nSPS) is 13.8. The average molecular weight is 318 g/mol. The van der Waals surface area contributed by atoms with Crippen LogP contribution in [-0.4, -0.2) is 45.3 Å². The Morgan fingerprint density at radius 3 is 1.77 bits per heavy atom. The quantitative estimate of drug-likeness (QED) is 0.610. The molecule has 0 aliphatic heterocycles. The first-order valence-corrected chi connectivity index (χ1v) is 6.87. The SMILES string of the molecule is CCC(C)(CC)OC(=O)CC(CC(=O)O)(OC(C)=O)C(=O)O. The molecule has 8 heteroatoms. The molecule has 0 fully saturated rings. The van der Waals surface area contributed by atoms with Crippen LogP contribution in [0.1, 0.15) is 53.4 Å². The summed E-state index contributed by atoms with van der Waals surface area (Å²) in [5.41, 5.74) is -3.27. The second-order valence-corrected chi connectivity index (χ2v) is 5.27. The largest absolute Gasteiger partial charge is 0.481 e.